The Hall–Kier alpha value is -2.34. The zero-order chi connectivity index (χ0) is 15.1. The Morgan fingerprint density at radius 1 is 1.29 bits per heavy atom. The molecule has 0 aliphatic rings. The maximum atomic E-state index is 6.04. The SMILES string of the molecule is CO/N=C\c1c(Cl)ncnc1NCc1ccccc1OC. The topological polar surface area (TPSA) is 68.6 Å². The molecule has 110 valence electrons. The van der Waals surface area contributed by atoms with Crippen LogP contribution in [-0.4, -0.2) is 30.4 Å². The van der Waals surface area contributed by atoms with Gasteiger partial charge in [-0.3, -0.25) is 0 Å². The molecule has 21 heavy (non-hydrogen) atoms. The molecule has 0 fully saturated rings. The fourth-order valence-corrected chi connectivity index (χ4v) is 1.94. The number of hydrogen-bond donors (Lipinski definition) is 1. The van der Waals surface area contributed by atoms with Crippen LogP contribution in [0.25, 0.3) is 0 Å². The highest BCUT2D eigenvalue weighted by atomic mass is 35.5. The average molecular weight is 307 g/mol. The molecule has 0 saturated heterocycles. The van der Waals surface area contributed by atoms with Gasteiger partial charge in [-0.25, -0.2) is 9.97 Å². The van der Waals surface area contributed by atoms with E-state index in [0.29, 0.717) is 23.1 Å². The standard InChI is InChI=1S/C14H15ClN4O2/c1-20-12-6-4-3-5-10(12)7-16-14-11(8-19-21-2)13(15)17-9-18-14/h3-6,8-9H,7H2,1-2H3,(H,16,17,18)/b19-8-. The fourth-order valence-electron chi connectivity index (χ4n) is 1.76. The van der Waals surface area contributed by atoms with Gasteiger partial charge in [0.2, 0.25) is 0 Å². The van der Waals surface area contributed by atoms with Crippen molar-refractivity contribution in [2.75, 3.05) is 19.5 Å². The van der Waals surface area contributed by atoms with E-state index in [1.54, 1.807) is 7.11 Å². The first-order chi connectivity index (χ1) is 10.3. The summed E-state index contributed by atoms with van der Waals surface area (Å²) in [6.45, 7) is 0.533. The van der Waals surface area contributed by atoms with Crippen LogP contribution in [0.4, 0.5) is 5.82 Å². The molecule has 0 saturated carbocycles. The van der Waals surface area contributed by atoms with Crippen LogP contribution in [0.2, 0.25) is 5.15 Å². The number of ether oxygens (including phenoxy) is 1. The van der Waals surface area contributed by atoms with Crippen molar-refractivity contribution in [1.82, 2.24) is 9.97 Å². The first kappa shape index (κ1) is 15.1. The normalized spacial score (nSPS) is 10.6. The predicted molar refractivity (Wildman–Crippen MR) is 82.0 cm³/mol. The molecular weight excluding hydrogens is 292 g/mol. The van der Waals surface area contributed by atoms with Gasteiger partial charge < -0.3 is 14.9 Å². The lowest BCUT2D eigenvalue weighted by Crippen LogP contribution is -2.07. The third-order valence-corrected chi connectivity index (χ3v) is 3.06. The Balaban J connectivity index is 2.20. The van der Waals surface area contributed by atoms with Gasteiger partial charge in [-0.05, 0) is 6.07 Å². The molecule has 6 nitrogen and oxygen atoms in total. The van der Waals surface area contributed by atoms with Crippen molar-refractivity contribution in [2.24, 2.45) is 5.16 Å². The molecule has 0 aliphatic carbocycles. The van der Waals surface area contributed by atoms with E-state index in [0.717, 1.165) is 11.3 Å². The smallest absolute Gasteiger partial charge is 0.143 e. The molecule has 1 N–H and O–H groups in total. The highest BCUT2D eigenvalue weighted by Gasteiger charge is 2.09. The molecule has 1 aromatic carbocycles. The summed E-state index contributed by atoms with van der Waals surface area (Å²) in [5.41, 5.74) is 1.57. The Bertz CT molecular complexity index is 634. The summed E-state index contributed by atoms with van der Waals surface area (Å²) >= 11 is 6.04. The Morgan fingerprint density at radius 2 is 2.10 bits per heavy atom. The van der Waals surface area contributed by atoms with Crippen molar-refractivity contribution < 1.29 is 9.57 Å². The summed E-state index contributed by atoms with van der Waals surface area (Å²) in [4.78, 5) is 12.8. The van der Waals surface area contributed by atoms with E-state index in [-0.39, 0.29) is 0 Å². The molecule has 2 rings (SSSR count). The monoisotopic (exact) mass is 306 g/mol. The third-order valence-electron chi connectivity index (χ3n) is 2.76. The summed E-state index contributed by atoms with van der Waals surface area (Å²) in [5.74, 6) is 1.37. The molecule has 1 aromatic heterocycles. The minimum atomic E-state index is 0.299. The zero-order valence-corrected chi connectivity index (χ0v) is 12.5. The van der Waals surface area contributed by atoms with E-state index < -0.39 is 0 Å². The number of anilines is 1. The summed E-state index contributed by atoms with van der Waals surface area (Å²) in [6.07, 6.45) is 2.85. The maximum absolute atomic E-state index is 6.04. The van der Waals surface area contributed by atoms with E-state index in [9.17, 15) is 0 Å². The lowest BCUT2D eigenvalue weighted by molar-refractivity contribution is 0.215. The van der Waals surface area contributed by atoms with Gasteiger partial charge in [-0.1, -0.05) is 35.0 Å². The number of nitrogens with zero attached hydrogens (tertiary/aromatic N) is 3. The number of nitrogens with one attached hydrogen (secondary N) is 1. The Kier molecular flexibility index (Phi) is 5.34. The van der Waals surface area contributed by atoms with E-state index in [2.05, 4.69) is 25.3 Å². The number of para-hydroxylation sites is 1. The lowest BCUT2D eigenvalue weighted by atomic mass is 10.2. The summed E-state index contributed by atoms with van der Waals surface area (Å²) < 4.78 is 5.31. The second-order valence-corrected chi connectivity index (χ2v) is 4.37. The molecule has 0 amide bonds. The molecule has 7 heteroatoms. The number of methoxy groups -OCH3 is 1. The van der Waals surface area contributed by atoms with Crippen molar-refractivity contribution >= 4 is 23.6 Å². The van der Waals surface area contributed by atoms with Crippen LogP contribution in [0.15, 0.2) is 35.7 Å². The second-order valence-electron chi connectivity index (χ2n) is 4.01. The molecule has 0 spiro atoms. The number of aromatic nitrogens is 2. The Labute approximate surface area is 127 Å². The van der Waals surface area contributed by atoms with Gasteiger partial charge in [-0.2, -0.15) is 0 Å². The quantitative estimate of drug-likeness (QED) is 0.505. The maximum Gasteiger partial charge on any atom is 0.143 e. The number of rotatable bonds is 6. The molecule has 0 aliphatic heterocycles. The van der Waals surface area contributed by atoms with Gasteiger partial charge in [0, 0.05) is 12.1 Å². The highest BCUT2D eigenvalue weighted by molar-refractivity contribution is 6.32. The van der Waals surface area contributed by atoms with Crippen molar-refractivity contribution in [3.05, 3.63) is 46.9 Å². The van der Waals surface area contributed by atoms with Gasteiger partial charge in [0.25, 0.3) is 0 Å². The average Bonchev–Trinajstić information content (AvgIpc) is 2.52. The van der Waals surface area contributed by atoms with Crippen molar-refractivity contribution in [3.63, 3.8) is 0 Å². The second kappa shape index (κ2) is 7.44. The fraction of sp³-hybridized carbons (Fsp3) is 0.214. The summed E-state index contributed by atoms with van der Waals surface area (Å²) in [6, 6.07) is 7.73. The van der Waals surface area contributed by atoms with Gasteiger partial charge in [0.05, 0.1) is 18.9 Å². The minimum Gasteiger partial charge on any atom is -0.496 e. The number of oxime groups is 1. The molecular formula is C14H15ClN4O2. The van der Waals surface area contributed by atoms with Crippen LogP contribution in [0.1, 0.15) is 11.1 Å². The van der Waals surface area contributed by atoms with Gasteiger partial charge in [0.15, 0.2) is 0 Å². The number of halogens is 1. The highest BCUT2D eigenvalue weighted by Crippen LogP contribution is 2.21. The first-order valence-electron chi connectivity index (χ1n) is 6.19. The van der Waals surface area contributed by atoms with Crippen LogP contribution in [0.3, 0.4) is 0 Å². The zero-order valence-electron chi connectivity index (χ0n) is 11.7. The summed E-state index contributed by atoms with van der Waals surface area (Å²) in [7, 11) is 3.09. The number of benzene rings is 1. The van der Waals surface area contributed by atoms with E-state index in [1.165, 1.54) is 19.7 Å². The molecule has 2 aromatic rings. The Morgan fingerprint density at radius 3 is 2.86 bits per heavy atom. The van der Waals surface area contributed by atoms with E-state index in [4.69, 9.17) is 16.3 Å². The van der Waals surface area contributed by atoms with Gasteiger partial charge in [0.1, 0.15) is 30.2 Å². The summed E-state index contributed by atoms with van der Waals surface area (Å²) in [5, 5.41) is 7.19. The molecule has 0 atom stereocenters. The van der Waals surface area contributed by atoms with E-state index >= 15 is 0 Å². The largest absolute Gasteiger partial charge is 0.496 e. The molecule has 0 radical (unpaired) electrons. The molecule has 0 bridgehead atoms. The van der Waals surface area contributed by atoms with Gasteiger partial charge in [-0.15, -0.1) is 0 Å². The van der Waals surface area contributed by atoms with Crippen LogP contribution in [-0.2, 0) is 11.4 Å². The van der Waals surface area contributed by atoms with Crippen molar-refractivity contribution in [1.29, 1.82) is 0 Å². The van der Waals surface area contributed by atoms with Gasteiger partial charge >= 0.3 is 0 Å². The van der Waals surface area contributed by atoms with Crippen LogP contribution in [0.5, 0.6) is 5.75 Å². The minimum absolute atomic E-state index is 0.299. The molecule has 1 heterocycles. The van der Waals surface area contributed by atoms with Crippen molar-refractivity contribution in [3.8, 4) is 5.75 Å². The number of hydrogen-bond acceptors (Lipinski definition) is 6. The van der Waals surface area contributed by atoms with Crippen LogP contribution < -0.4 is 10.1 Å². The van der Waals surface area contributed by atoms with Crippen LogP contribution in [0, 0.1) is 0 Å². The van der Waals surface area contributed by atoms with E-state index in [1.807, 2.05) is 24.3 Å². The predicted octanol–water partition coefficient (Wildman–Crippen LogP) is 2.73. The van der Waals surface area contributed by atoms with Crippen LogP contribution >= 0.6 is 11.6 Å². The first-order valence-corrected chi connectivity index (χ1v) is 6.57. The molecule has 0 unspecified atom stereocenters. The van der Waals surface area contributed by atoms with Crippen molar-refractivity contribution in [2.45, 2.75) is 6.54 Å². The lowest BCUT2D eigenvalue weighted by Gasteiger charge is -2.11. The third kappa shape index (κ3) is 3.82.